The zero-order valence-electron chi connectivity index (χ0n) is 6.49. The number of hydrogen-bond donors (Lipinski definition) is 6. The van der Waals surface area contributed by atoms with Crippen molar-refractivity contribution < 1.29 is 9.79 Å². The maximum absolute atomic E-state index is 7.15. The molecule has 0 amide bonds. The van der Waals surface area contributed by atoms with Gasteiger partial charge in [-0.2, -0.15) is 10.2 Å². The van der Waals surface area contributed by atoms with Crippen LogP contribution in [-0.4, -0.2) is 22.5 Å². The molecular weight excluding hydrogens is 199 g/mol. The Morgan fingerprint density at radius 2 is 1.23 bits per heavy atom. The number of hydrogen-bond acceptors (Lipinski definition) is 8. The Hall–Kier alpha value is -1.51. The van der Waals surface area contributed by atoms with Crippen molar-refractivity contribution in [2.45, 2.75) is 0 Å². The van der Waals surface area contributed by atoms with E-state index in [1.807, 2.05) is 0 Å². The van der Waals surface area contributed by atoms with E-state index in [1.165, 1.54) is 0 Å². The van der Waals surface area contributed by atoms with Crippen LogP contribution in [0.25, 0.3) is 0 Å². The highest BCUT2D eigenvalue weighted by atomic mass is 31.1. The summed E-state index contributed by atoms with van der Waals surface area (Å²) in [6, 6.07) is 0. The third kappa shape index (κ3) is 122. The van der Waals surface area contributed by atoms with Crippen molar-refractivity contribution in [3.05, 3.63) is 0 Å². The second-order valence-corrected chi connectivity index (χ2v) is 1.09. The van der Waals surface area contributed by atoms with Gasteiger partial charge in [-0.05, 0) is 0 Å². The van der Waals surface area contributed by atoms with E-state index >= 15 is 0 Å². The van der Waals surface area contributed by atoms with E-state index in [4.69, 9.17) is 20.8 Å². The lowest BCUT2D eigenvalue weighted by Gasteiger charge is -1.58. The first-order chi connectivity index (χ1) is 6.24. The molecule has 0 radical (unpaired) electrons. The highest BCUT2D eigenvalue weighted by Crippen LogP contribution is 1.81. The van der Waals surface area contributed by atoms with Gasteiger partial charge >= 0.3 is 0 Å². The molecule has 0 spiro atoms. The quantitative estimate of drug-likeness (QED) is 0.0878. The van der Waals surface area contributed by atoms with Crippen LogP contribution in [0.3, 0.4) is 0 Å². The van der Waals surface area contributed by atoms with E-state index in [2.05, 4.69) is 32.1 Å². The number of nitrogens with one attached hydrogen (secondary N) is 2. The van der Waals surface area contributed by atoms with Crippen LogP contribution in [0.5, 0.6) is 0 Å². The van der Waals surface area contributed by atoms with Crippen LogP contribution in [0.2, 0.25) is 0 Å². The van der Waals surface area contributed by atoms with Gasteiger partial charge in [0, 0.05) is 0 Å². The van der Waals surface area contributed by atoms with Gasteiger partial charge in [0.05, 0.1) is 0 Å². The van der Waals surface area contributed by atoms with Crippen LogP contribution in [0.1, 0.15) is 0 Å². The molecule has 0 aliphatic rings. The summed E-state index contributed by atoms with van der Waals surface area (Å²) in [5, 5.41) is 11.1. The van der Waals surface area contributed by atoms with Gasteiger partial charge in [-0.15, -0.1) is 10.2 Å². The van der Waals surface area contributed by atoms with Gasteiger partial charge in [-0.1, -0.05) is 0 Å². The zero-order valence-corrected chi connectivity index (χ0v) is 7.49. The fraction of sp³-hybridized carbons (Fsp3) is 0. The first-order valence-corrected chi connectivity index (χ1v) is 3.34. The average molecular weight is 210 g/mol. The van der Waals surface area contributed by atoms with Gasteiger partial charge in [0.25, 0.3) is 0 Å². The molecule has 0 saturated heterocycles. The smallest absolute Gasteiger partial charge is 0.156 e. The summed E-state index contributed by atoms with van der Waals surface area (Å²) in [5.41, 5.74) is 12.0. The number of nitrogens with two attached hydrogens (primary N) is 2. The summed E-state index contributed by atoms with van der Waals surface area (Å²) in [5.74, 6) is 8.99. The largest absolute Gasteiger partial charge is 0.352 e. The van der Waals surface area contributed by atoms with Crippen LogP contribution in [0, 0.1) is 11.1 Å². The Morgan fingerprint density at radius 3 is 1.23 bits per heavy atom. The summed E-state index contributed by atoms with van der Waals surface area (Å²) in [6.07, 6.45) is 1.89. The Bertz CT molecular complexity index is 131. The molecular formula is C2H11N8O2P. The van der Waals surface area contributed by atoms with E-state index in [-0.39, 0.29) is 0 Å². The van der Waals surface area contributed by atoms with E-state index < -0.39 is 9.03 Å². The highest BCUT2D eigenvalue weighted by Gasteiger charge is 1.44. The Kier molecular flexibility index (Phi) is 42.3. The van der Waals surface area contributed by atoms with Gasteiger partial charge in [-0.3, -0.25) is 0 Å². The molecule has 13 heavy (non-hydrogen) atoms. The van der Waals surface area contributed by atoms with Gasteiger partial charge in [0.1, 0.15) is 9.03 Å². The van der Waals surface area contributed by atoms with E-state index in [9.17, 15) is 0 Å². The van der Waals surface area contributed by atoms with Crippen LogP contribution in [0.4, 0.5) is 0 Å². The van der Waals surface area contributed by atoms with E-state index in [1.54, 1.807) is 0 Å². The van der Waals surface area contributed by atoms with Crippen molar-refractivity contribution >= 4 is 21.7 Å². The maximum atomic E-state index is 7.15. The first-order valence-electron chi connectivity index (χ1n) is 2.44. The lowest BCUT2D eigenvalue weighted by Crippen LogP contribution is -1.75. The SMILES string of the molecule is N=NC=NN.N=NC=NN.OPO. The molecule has 0 bridgehead atoms. The standard InChI is InChI=1S/2CH4N4.H3O2P/c2*2-4-1-5-3;1-3-2/h2*1-2H,3H2;1-3H. The van der Waals surface area contributed by atoms with Crippen LogP contribution >= 0.6 is 9.03 Å². The predicted octanol–water partition coefficient (Wildman–Crippen LogP) is -0.682. The molecule has 0 atom stereocenters. The molecule has 76 valence electrons. The lowest BCUT2D eigenvalue weighted by atomic mass is 11.4. The second-order valence-electron chi connectivity index (χ2n) is 0.887. The molecule has 0 aromatic rings. The van der Waals surface area contributed by atoms with Gasteiger partial charge in [0.2, 0.25) is 0 Å². The molecule has 0 rings (SSSR count). The van der Waals surface area contributed by atoms with Crippen LogP contribution < -0.4 is 11.7 Å². The summed E-state index contributed by atoms with van der Waals surface area (Å²) in [7, 11) is -0.917. The van der Waals surface area contributed by atoms with Crippen molar-refractivity contribution in [2.75, 3.05) is 0 Å². The summed E-state index contributed by atoms with van der Waals surface area (Å²) in [6.45, 7) is 0. The Balaban J connectivity index is -0.000000120. The molecule has 0 aliphatic heterocycles. The van der Waals surface area contributed by atoms with E-state index in [0.717, 1.165) is 12.7 Å². The highest BCUT2D eigenvalue weighted by molar-refractivity contribution is 7.23. The summed E-state index contributed by atoms with van der Waals surface area (Å²) < 4.78 is 0. The van der Waals surface area contributed by atoms with Gasteiger partial charge < -0.3 is 21.5 Å². The summed E-state index contributed by atoms with van der Waals surface area (Å²) >= 11 is 0. The normalized spacial score (nSPS) is 8.15. The lowest BCUT2D eigenvalue weighted by molar-refractivity contribution is 0.513. The van der Waals surface area contributed by atoms with Crippen molar-refractivity contribution in [2.24, 2.45) is 32.1 Å². The molecule has 11 heteroatoms. The fourth-order valence-electron chi connectivity index (χ4n) is 0.0667. The monoisotopic (exact) mass is 210 g/mol. The minimum atomic E-state index is -0.917. The number of nitrogens with zero attached hydrogens (tertiary/aromatic N) is 4. The minimum absolute atomic E-state index is 0.917. The molecule has 0 aliphatic carbocycles. The van der Waals surface area contributed by atoms with Gasteiger partial charge in [-0.25, -0.2) is 11.1 Å². The zero-order chi connectivity index (χ0) is 10.9. The first kappa shape index (κ1) is 17.5. The molecule has 10 nitrogen and oxygen atoms in total. The molecule has 8 N–H and O–H groups in total. The molecule has 0 aromatic carbocycles. The fourth-order valence-corrected chi connectivity index (χ4v) is 0.0667. The number of rotatable bonds is 2. The Labute approximate surface area is 75.7 Å². The predicted molar refractivity (Wildman–Crippen MR) is 48.4 cm³/mol. The van der Waals surface area contributed by atoms with Gasteiger partial charge in [0.15, 0.2) is 12.7 Å². The maximum Gasteiger partial charge on any atom is 0.156 e. The van der Waals surface area contributed by atoms with E-state index in [0.29, 0.717) is 0 Å². The third-order valence-corrected chi connectivity index (χ3v) is 0.249. The van der Waals surface area contributed by atoms with Crippen molar-refractivity contribution in [1.82, 2.24) is 0 Å². The molecule has 0 fully saturated rings. The van der Waals surface area contributed by atoms with Crippen LogP contribution in [0.15, 0.2) is 20.4 Å². The van der Waals surface area contributed by atoms with Crippen molar-refractivity contribution in [3.8, 4) is 0 Å². The summed E-state index contributed by atoms with van der Waals surface area (Å²) in [4.78, 5) is 14.3. The van der Waals surface area contributed by atoms with Crippen LogP contribution in [-0.2, 0) is 0 Å². The topological polar surface area (TPSA) is 190 Å². The minimum Gasteiger partial charge on any atom is -0.352 e. The Morgan fingerprint density at radius 1 is 1.00 bits per heavy atom. The average Bonchev–Trinajstić information content (AvgIpc) is 2.09. The molecule has 0 saturated carbocycles. The van der Waals surface area contributed by atoms with Crippen molar-refractivity contribution in [3.63, 3.8) is 0 Å². The molecule has 0 heterocycles. The number of hydrazone groups is 2. The molecule has 0 aromatic heterocycles. The third-order valence-electron chi connectivity index (χ3n) is 0.249. The second kappa shape index (κ2) is 31.3. The van der Waals surface area contributed by atoms with Crippen molar-refractivity contribution in [1.29, 1.82) is 11.1 Å². The molecule has 0 unspecified atom stereocenters.